The molecule has 2 amide bonds. The molecule has 128 valence electrons. The van der Waals surface area contributed by atoms with E-state index in [0.717, 1.165) is 10.4 Å². The van der Waals surface area contributed by atoms with Gasteiger partial charge in [0.25, 0.3) is 5.91 Å². The minimum atomic E-state index is -0.678. The average molecular weight is 389 g/mol. The van der Waals surface area contributed by atoms with Gasteiger partial charge in [0, 0.05) is 10.6 Å². The first-order valence-electron chi connectivity index (χ1n) is 7.64. The van der Waals surface area contributed by atoms with Crippen molar-refractivity contribution in [1.82, 2.24) is 4.90 Å². The number of hydrogen-bond donors (Lipinski definition) is 1. The van der Waals surface area contributed by atoms with Gasteiger partial charge in [0.05, 0.1) is 4.91 Å². The lowest BCUT2D eigenvalue weighted by atomic mass is 10.2. The second-order valence-electron chi connectivity index (χ2n) is 5.60. The van der Waals surface area contributed by atoms with Crippen molar-refractivity contribution in [2.24, 2.45) is 0 Å². The first kappa shape index (κ1) is 17.8. The van der Waals surface area contributed by atoms with E-state index < -0.39 is 6.04 Å². The average Bonchev–Trinajstić information content (AvgIpc) is 3.18. The lowest BCUT2D eigenvalue weighted by molar-refractivity contribution is -0.129. The molecular formula is C18H16N2O2S3. The molecule has 1 fully saturated rings. The van der Waals surface area contributed by atoms with E-state index in [1.807, 2.05) is 54.8 Å². The molecule has 7 heteroatoms. The third-order valence-corrected chi connectivity index (χ3v) is 5.88. The first-order valence-corrected chi connectivity index (χ1v) is 9.74. The zero-order valence-electron chi connectivity index (χ0n) is 13.7. The topological polar surface area (TPSA) is 49.4 Å². The van der Waals surface area contributed by atoms with Gasteiger partial charge in [-0.25, -0.2) is 0 Å². The van der Waals surface area contributed by atoms with Crippen molar-refractivity contribution in [2.75, 3.05) is 5.32 Å². The van der Waals surface area contributed by atoms with Crippen LogP contribution < -0.4 is 5.32 Å². The fourth-order valence-electron chi connectivity index (χ4n) is 2.32. The number of nitrogens with one attached hydrogen (secondary N) is 1. The van der Waals surface area contributed by atoms with Crippen LogP contribution in [0.5, 0.6) is 0 Å². The van der Waals surface area contributed by atoms with Gasteiger partial charge < -0.3 is 5.32 Å². The summed E-state index contributed by atoms with van der Waals surface area (Å²) in [6, 6.07) is 10.7. The van der Waals surface area contributed by atoms with Crippen molar-refractivity contribution >= 4 is 63.2 Å². The van der Waals surface area contributed by atoms with Crippen LogP contribution in [0.25, 0.3) is 6.08 Å². The van der Waals surface area contributed by atoms with E-state index in [-0.39, 0.29) is 11.8 Å². The summed E-state index contributed by atoms with van der Waals surface area (Å²) in [5, 5.41) is 4.78. The van der Waals surface area contributed by atoms with Gasteiger partial charge in [-0.2, -0.15) is 0 Å². The maximum atomic E-state index is 12.7. The molecule has 0 spiro atoms. The molecule has 0 saturated carbocycles. The Balaban J connectivity index is 1.73. The minimum Gasteiger partial charge on any atom is -0.324 e. The summed E-state index contributed by atoms with van der Waals surface area (Å²) < 4.78 is 0.402. The molecule has 1 aliphatic heterocycles. The molecule has 2 aromatic rings. The summed E-state index contributed by atoms with van der Waals surface area (Å²) in [5.74, 6) is -0.493. The van der Waals surface area contributed by atoms with Crippen LogP contribution >= 0.6 is 35.3 Å². The van der Waals surface area contributed by atoms with Gasteiger partial charge in [-0.1, -0.05) is 47.7 Å². The Morgan fingerprint density at radius 2 is 2.00 bits per heavy atom. The maximum Gasteiger partial charge on any atom is 0.266 e. The van der Waals surface area contributed by atoms with Crippen LogP contribution in [0.15, 0.2) is 46.7 Å². The Labute approximate surface area is 159 Å². The van der Waals surface area contributed by atoms with Gasteiger partial charge in [0.1, 0.15) is 10.4 Å². The number of rotatable bonds is 4. The quantitative estimate of drug-likeness (QED) is 0.627. The van der Waals surface area contributed by atoms with Crippen LogP contribution in [0, 0.1) is 6.92 Å². The minimum absolute atomic E-state index is 0.227. The summed E-state index contributed by atoms with van der Waals surface area (Å²) in [4.78, 5) is 28.1. The highest BCUT2D eigenvalue weighted by atomic mass is 32.2. The molecule has 1 aromatic carbocycles. The normalized spacial score (nSPS) is 17.2. The fourth-order valence-corrected chi connectivity index (χ4v) is 4.46. The molecule has 0 aliphatic carbocycles. The first-order chi connectivity index (χ1) is 12.0. The number of thiophene rings is 1. The maximum absolute atomic E-state index is 12.7. The number of aryl methyl sites for hydroxylation is 1. The Morgan fingerprint density at radius 3 is 2.64 bits per heavy atom. The standard InChI is InChI=1S/C18H16N2O2S3/c1-11-5-7-13(8-6-11)19-16(21)12(2)20-17(22)15(25-18(20)23)10-14-4-3-9-24-14/h3-10,12H,1-2H3,(H,19,21)/b15-10-. The zero-order chi connectivity index (χ0) is 18.0. The molecule has 2 heterocycles. The number of thiocarbonyl (C=S) groups is 1. The second-order valence-corrected chi connectivity index (χ2v) is 8.25. The van der Waals surface area contributed by atoms with Crippen molar-refractivity contribution < 1.29 is 9.59 Å². The molecule has 1 N–H and O–H groups in total. The molecule has 4 nitrogen and oxygen atoms in total. The molecule has 1 atom stereocenters. The summed E-state index contributed by atoms with van der Waals surface area (Å²) in [5.41, 5.74) is 1.81. The van der Waals surface area contributed by atoms with E-state index in [1.165, 1.54) is 16.7 Å². The highest BCUT2D eigenvalue weighted by Gasteiger charge is 2.38. The van der Waals surface area contributed by atoms with E-state index >= 15 is 0 Å². The van der Waals surface area contributed by atoms with Gasteiger partial charge in [-0.15, -0.1) is 11.3 Å². The monoisotopic (exact) mass is 388 g/mol. The summed E-state index contributed by atoms with van der Waals surface area (Å²) in [6.07, 6.45) is 1.81. The van der Waals surface area contributed by atoms with Crippen molar-refractivity contribution in [3.05, 3.63) is 57.1 Å². The van der Waals surface area contributed by atoms with Gasteiger partial charge >= 0.3 is 0 Å². The Morgan fingerprint density at radius 1 is 1.28 bits per heavy atom. The lowest BCUT2D eigenvalue weighted by Crippen LogP contribution is -2.44. The fraction of sp³-hybridized carbons (Fsp3) is 0.167. The van der Waals surface area contributed by atoms with Crippen LogP contribution in [0.3, 0.4) is 0 Å². The third-order valence-electron chi connectivity index (χ3n) is 3.73. The summed E-state index contributed by atoms with van der Waals surface area (Å²) in [6.45, 7) is 3.66. The van der Waals surface area contributed by atoms with Crippen molar-refractivity contribution in [3.8, 4) is 0 Å². The van der Waals surface area contributed by atoms with Gasteiger partial charge in [-0.3, -0.25) is 14.5 Å². The van der Waals surface area contributed by atoms with E-state index in [1.54, 1.807) is 18.3 Å². The third kappa shape index (κ3) is 4.00. The largest absolute Gasteiger partial charge is 0.324 e. The van der Waals surface area contributed by atoms with Crippen LogP contribution in [0.4, 0.5) is 5.69 Å². The number of thioether (sulfide) groups is 1. The van der Waals surface area contributed by atoms with Gasteiger partial charge in [0.15, 0.2) is 0 Å². The number of carbonyl (C=O) groups excluding carboxylic acids is 2. The number of nitrogens with zero attached hydrogens (tertiary/aromatic N) is 1. The zero-order valence-corrected chi connectivity index (χ0v) is 16.1. The molecule has 1 unspecified atom stereocenters. The Bertz CT molecular complexity index is 842. The van der Waals surface area contributed by atoms with Crippen LogP contribution in [0.2, 0.25) is 0 Å². The van der Waals surface area contributed by atoms with Gasteiger partial charge in [0.2, 0.25) is 5.91 Å². The highest BCUT2D eigenvalue weighted by molar-refractivity contribution is 8.26. The molecule has 1 saturated heterocycles. The number of anilines is 1. The van der Waals surface area contributed by atoms with E-state index in [9.17, 15) is 9.59 Å². The van der Waals surface area contributed by atoms with Crippen molar-refractivity contribution in [1.29, 1.82) is 0 Å². The predicted molar refractivity (Wildman–Crippen MR) is 109 cm³/mol. The van der Waals surface area contributed by atoms with Crippen LogP contribution in [-0.4, -0.2) is 27.1 Å². The second kappa shape index (κ2) is 7.51. The lowest BCUT2D eigenvalue weighted by Gasteiger charge is -2.22. The number of benzene rings is 1. The van der Waals surface area contributed by atoms with E-state index in [4.69, 9.17) is 12.2 Å². The molecule has 1 aliphatic rings. The molecule has 1 aromatic heterocycles. The van der Waals surface area contributed by atoms with E-state index in [2.05, 4.69) is 5.32 Å². The van der Waals surface area contributed by atoms with Gasteiger partial charge in [-0.05, 0) is 43.5 Å². The smallest absolute Gasteiger partial charge is 0.266 e. The predicted octanol–water partition coefficient (Wildman–Crippen LogP) is 4.28. The Kier molecular flexibility index (Phi) is 5.36. The molecule has 3 rings (SSSR count). The number of amides is 2. The SMILES string of the molecule is Cc1ccc(NC(=O)C(C)N2C(=O)/C(=C/c3cccs3)SC2=S)cc1. The van der Waals surface area contributed by atoms with Crippen molar-refractivity contribution in [3.63, 3.8) is 0 Å². The summed E-state index contributed by atoms with van der Waals surface area (Å²) in [7, 11) is 0. The highest BCUT2D eigenvalue weighted by Crippen LogP contribution is 2.34. The molecular weight excluding hydrogens is 372 g/mol. The number of hydrogen-bond acceptors (Lipinski definition) is 5. The molecule has 0 bridgehead atoms. The molecule has 0 radical (unpaired) electrons. The summed E-state index contributed by atoms with van der Waals surface area (Å²) >= 11 is 8.10. The van der Waals surface area contributed by atoms with Crippen LogP contribution in [-0.2, 0) is 9.59 Å². The van der Waals surface area contributed by atoms with Crippen molar-refractivity contribution in [2.45, 2.75) is 19.9 Å². The van der Waals surface area contributed by atoms with Crippen LogP contribution in [0.1, 0.15) is 17.4 Å². The Hall–Kier alpha value is -1.96. The number of carbonyl (C=O) groups is 2. The molecule has 25 heavy (non-hydrogen) atoms. The van der Waals surface area contributed by atoms with E-state index in [0.29, 0.717) is 14.9 Å².